The number of carbonyl (C=O) groups excluding carboxylic acids is 1. The third-order valence-corrected chi connectivity index (χ3v) is 7.54. The lowest BCUT2D eigenvalue weighted by Gasteiger charge is -2.34. The first-order valence-electron chi connectivity index (χ1n) is 10.7. The molecular formula is C25H29N3O3S. The topological polar surface area (TPSA) is 116 Å². The van der Waals surface area contributed by atoms with E-state index in [2.05, 4.69) is 25.8 Å². The number of benzene rings is 1. The molecule has 0 radical (unpaired) electrons. The third-order valence-electron chi connectivity index (χ3n) is 6.53. The molecule has 32 heavy (non-hydrogen) atoms. The zero-order valence-electron chi connectivity index (χ0n) is 18.6. The van der Waals surface area contributed by atoms with Gasteiger partial charge in [-0.15, -0.1) is 0 Å². The highest BCUT2D eigenvalue weighted by atomic mass is 32.2. The number of nitrogens with two attached hydrogens (primary N) is 2. The van der Waals surface area contributed by atoms with Crippen LogP contribution in [0.4, 0.5) is 5.82 Å². The summed E-state index contributed by atoms with van der Waals surface area (Å²) >= 11 is 0. The smallest absolute Gasteiger partial charge is 0.234 e. The number of carbonyl (C=O) groups is 1. The molecule has 0 bridgehead atoms. The number of primary sulfonamides is 1. The van der Waals surface area contributed by atoms with Crippen molar-refractivity contribution in [3.8, 4) is 0 Å². The van der Waals surface area contributed by atoms with Gasteiger partial charge in [-0.1, -0.05) is 57.2 Å². The second-order valence-electron chi connectivity index (χ2n) is 9.84. The van der Waals surface area contributed by atoms with Crippen LogP contribution in [0.1, 0.15) is 67.1 Å². The summed E-state index contributed by atoms with van der Waals surface area (Å²) in [5.41, 5.74) is 8.31. The molecule has 1 saturated carbocycles. The van der Waals surface area contributed by atoms with Crippen molar-refractivity contribution in [1.82, 2.24) is 4.98 Å². The van der Waals surface area contributed by atoms with Crippen LogP contribution in [0.3, 0.4) is 0 Å². The van der Waals surface area contributed by atoms with Gasteiger partial charge in [0.15, 0.2) is 5.78 Å². The van der Waals surface area contributed by atoms with E-state index in [9.17, 15) is 13.2 Å². The fourth-order valence-electron chi connectivity index (χ4n) is 4.43. The second-order valence-corrected chi connectivity index (χ2v) is 11.5. The standard InChI is InChI=1S/C25H29N3O3S/c1-24(2,3)17-8-6-16(7-9-17)22(29)21-13-19(15-28-23(21)26)25(18-10-11-18)12-4-5-20(14-25)32(27,30)31/h4-9,12-13,15,18H,10-11,14H2,1-3H3,(H2,26,28)(H2,27,30,31). The number of allylic oxidation sites excluding steroid dienone is 4. The van der Waals surface area contributed by atoms with Crippen molar-refractivity contribution in [1.29, 1.82) is 0 Å². The van der Waals surface area contributed by atoms with Gasteiger partial charge in [0.1, 0.15) is 5.82 Å². The van der Waals surface area contributed by atoms with Gasteiger partial charge < -0.3 is 5.73 Å². The van der Waals surface area contributed by atoms with Gasteiger partial charge in [-0.2, -0.15) is 0 Å². The lowest BCUT2D eigenvalue weighted by molar-refractivity contribution is 0.103. The Bertz CT molecular complexity index is 1230. The molecule has 168 valence electrons. The zero-order valence-corrected chi connectivity index (χ0v) is 19.4. The van der Waals surface area contributed by atoms with E-state index in [-0.39, 0.29) is 34.3 Å². The Morgan fingerprint density at radius 1 is 1.16 bits per heavy atom. The summed E-state index contributed by atoms with van der Waals surface area (Å²) in [5.74, 6) is 0.223. The van der Waals surface area contributed by atoms with Gasteiger partial charge in [0.25, 0.3) is 0 Å². The lowest BCUT2D eigenvalue weighted by atomic mass is 9.71. The highest BCUT2D eigenvalue weighted by Crippen LogP contribution is 2.53. The van der Waals surface area contributed by atoms with Gasteiger partial charge >= 0.3 is 0 Å². The Morgan fingerprint density at radius 3 is 2.38 bits per heavy atom. The molecule has 2 aromatic rings. The molecule has 7 heteroatoms. The van der Waals surface area contributed by atoms with E-state index in [1.54, 1.807) is 24.4 Å². The molecule has 1 fully saturated rings. The van der Waals surface area contributed by atoms with Crippen LogP contribution in [0.2, 0.25) is 0 Å². The van der Waals surface area contributed by atoms with Crippen molar-refractivity contribution in [3.05, 3.63) is 81.9 Å². The molecule has 1 aromatic carbocycles. The lowest BCUT2D eigenvalue weighted by Crippen LogP contribution is -2.32. The molecule has 0 saturated heterocycles. The van der Waals surface area contributed by atoms with Crippen molar-refractivity contribution in [2.75, 3.05) is 5.73 Å². The van der Waals surface area contributed by atoms with E-state index < -0.39 is 15.4 Å². The van der Waals surface area contributed by atoms with Crippen LogP contribution in [0.25, 0.3) is 0 Å². The highest BCUT2D eigenvalue weighted by Gasteiger charge is 2.47. The first-order valence-corrected chi connectivity index (χ1v) is 12.3. The molecule has 0 spiro atoms. The maximum Gasteiger partial charge on any atom is 0.234 e. The van der Waals surface area contributed by atoms with Crippen LogP contribution >= 0.6 is 0 Å². The Hall–Kier alpha value is -2.77. The van der Waals surface area contributed by atoms with E-state index in [4.69, 9.17) is 10.9 Å². The molecule has 2 aliphatic rings. The highest BCUT2D eigenvalue weighted by molar-refractivity contribution is 7.93. The van der Waals surface area contributed by atoms with E-state index in [1.807, 2.05) is 30.3 Å². The van der Waals surface area contributed by atoms with Gasteiger partial charge in [0, 0.05) is 17.2 Å². The Balaban J connectivity index is 1.73. The van der Waals surface area contributed by atoms with Crippen LogP contribution < -0.4 is 10.9 Å². The first-order chi connectivity index (χ1) is 14.9. The van der Waals surface area contributed by atoms with Crippen molar-refractivity contribution in [3.63, 3.8) is 0 Å². The monoisotopic (exact) mass is 451 g/mol. The van der Waals surface area contributed by atoms with Crippen molar-refractivity contribution in [2.24, 2.45) is 11.1 Å². The van der Waals surface area contributed by atoms with Gasteiger partial charge in [-0.25, -0.2) is 18.5 Å². The van der Waals surface area contributed by atoms with Crippen LogP contribution in [0.5, 0.6) is 0 Å². The molecule has 1 aromatic heterocycles. The summed E-state index contributed by atoms with van der Waals surface area (Å²) in [6, 6.07) is 9.32. The minimum absolute atomic E-state index is 0.0133. The molecule has 2 aliphatic carbocycles. The quantitative estimate of drug-likeness (QED) is 0.667. The van der Waals surface area contributed by atoms with Gasteiger partial charge in [0.05, 0.1) is 10.5 Å². The van der Waals surface area contributed by atoms with E-state index in [1.165, 1.54) is 0 Å². The summed E-state index contributed by atoms with van der Waals surface area (Å²) in [4.78, 5) is 17.8. The number of nitrogens with zero attached hydrogens (tertiary/aromatic N) is 1. The second kappa shape index (κ2) is 7.67. The van der Waals surface area contributed by atoms with Crippen molar-refractivity contribution < 1.29 is 13.2 Å². The predicted molar refractivity (Wildman–Crippen MR) is 127 cm³/mol. The number of hydrogen-bond donors (Lipinski definition) is 2. The molecule has 0 aliphatic heterocycles. The van der Waals surface area contributed by atoms with Crippen LogP contribution in [0.15, 0.2) is 59.7 Å². The Morgan fingerprint density at radius 2 is 1.81 bits per heavy atom. The molecule has 1 atom stereocenters. The van der Waals surface area contributed by atoms with Gasteiger partial charge in [0.2, 0.25) is 10.0 Å². The summed E-state index contributed by atoms with van der Waals surface area (Å²) in [6.07, 6.45) is 9.16. The fraction of sp³-hybridized carbons (Fsp3) is 0.360. The van der Waals surface area contributed by atoms with E-state index >= 15 is 0 Å². The summed E-state index contributed by atoms with van der Waals surface area (Å²) in [7, 11) is -3.81. The largest absolute Gasteiger partial charge is 0.383 e. The average Bonchev–Trinajstić information content (AvgIpc) is 3.58. The minimum atomic E-state index is -3.81. The SMILES string of the molecule is CC(C)(C)c1ccc(C(=O)c2cc(C3(C4CC4)C=CC=C(S(N)(=O)=O)C3)cnc2N)cc1. The van der Waals surface area contributed by atoms with Gasteiger partial charge in [-0.3, -0.25) is 4.79 Å². The van der Waals surface area contributed by atoms with Crippen LogP contribution in [-0.4, -0.2) is 19.2 Å². The number of rotatable bonds is 5. The number of anilines is 1. The maximum absolute atomic E-state index is 13.3. The number of ketones is 1. The van der Waals surface area contributed by atoms with E-state index in [0.29, 0.717) is 11.1 Å². The fourth-order valence-corrected chi connectivity index (χ4v) is 5.14. The molecule has 4 N–H and O–H groups in total. The van der Waals surface area contributed by atoms with Gasteiger partial charge in [-0.05, 0) is 53.9 Å². The molecule has 4 rings (SSSR count). The first kappa shape index (κ1) is 22.4. The zero-order chi connectivity index (χ0) is 23.3. The van der Waals surface area contributed by atoms with Crippen molar-refractivity contribution >= 4 is 21.6 Å². The summed E-state index contributed by atoms with van der Waals surface area (Å²) < 4.78 is 24.1. The summed E-state index contributed by atoms with van der Waals surface area (Å²) in [5, 5.41) is 5.43. The third kappa shape index (κ3) is 4.14. The molecule has 0 amide bonds. The molecular weight excluding hydrogens is 422 g/mol. The van der Waals surface area contributed by atoms with Crippen LogP contribution in [0, 0.1) is 5.92 Å². The molecule has 1 heterocycles. The number of sulfonamides is 1. The predicted octanol–water partition coefficient (Wildman–Crippen LogP) is 3.97. The normalized spacial score (nSPS) is 21.3. The molecule has 1 unspecified atom stereocenters. The maximum atomic E-state index is 13.3. The Kier molecular flexibility index (Phi) is 5.38. The Labute approximate surface area is 189 Å². The van der Waals surface area contributed by atoms with Crippen LogP contribution in [-0.2, 0) is 20.9 Å². The number of aromatic nitrogens is 1. The van der Waals surface area contributed by atoms with Crippen molar-refractivity contribution in [2.45, 2.75) is 50.9 Å². The number of pyridine rings is 1. The number of nitrogen functional groups attached to an aromatic ring is 1. The number of hydrogen-bond acceptors (Lipinski definition) is 5. The summed E-state index contributed by atoms with van der Waals surface area (Å²) in [6.45, 7) is 6.36. The minimum Gasteiger partial charge on any atom is -0.383 e. The average molecular weight is 452 g/mol. The van der Waals surface area contributed by atoms with E-state index in [0.717, 1.165) is 24.0 Å². The molecule has 6 nitrogen and oxygen atoms in total.